The van der Waals surface area contributed by atoms with Gasteiger partial charge in [-0.15, -0.1) is 0 Å². The SMILES string of the molecule is CC(C)(C)OC(=O)N[C@H](Cc1ccccc1)C(=O)N=C1S[C@H]2CS(=O)(=O)C[C@@H]2N1c1cc(C(F)(F)F)cc(C(F)(F)F)c1. The fraction of sp³-hybridized carbons (Fsp3) is 0.444. The first kappa shape index (κ1) is 32.6. The Kier molecular flexibility index (Phi) is 8.86. The van der Waals surface area contributed by atoms with Crippen LogP contribution in [0.1, 0.15) is 37.5 Å². The molecule has 2 aromatic carbocycles. The molecule has 0 aliphatic carbocycles. The maximum atomic E-state index is 13.6. The van der Waals surface area contributed by atoms with Crippen molar-refractivity contribution in [3.05, 3.63) is 65.2 Å². The van der Waals surface area contributed by atoms with E-state index in [4.69, 9.17) is 4.74 Å². The lowest BCUT2D eigenvalue weighted by atomic mass is 10.1. The molecule has 0 saturated carbocycles. The van der Waals surface area contributed by atoms with Crippen LogP contribution in [0.4, 0.5) is 36.8 Å². The van der Waals surface area contributed by atoms with Crippen LogP contribution < -0.4 is 10.2 Å². The summed E-state index contributed by atoms with van der Waals surface area (Å²) in [6.45, 7) is 4.81. The fourth-order valence-electron chi connectivity index (χ4n) is 4.62. The van der Waals surface area contributed by atoms with E-state index in [9.17, 15) is 44.3 Å². The van der Waals surface area contributed by atoms with Gasteiger partial charge in [-0.05, 0) is 44.5 Å². The van der Waals surface area contributed by atoms with Gasteiger partial charge in [0.25, 0.3) is 5.91 Å². The fourth-order valence-corrected chi connectivity index (χ4v) is 8.54. The van der Waals surface area contributed by atoms with Gasteiger partial charge in [0.1, 0.15) is 11.6 Å². The predicted octanol–water partition coefficient (Wildman–Crippen LogP) is 5.46. The van der Waals surface area contributed by atoms with Crippen LogP contribution in [0.3, 0.4) is 0 Å². The largest absolute Gasteiger partial charge is 0.444 e. The molecular weight excluding hydrogens is 624 g/mol. The second-order valence-corrected chi connectivity index (χ2v) is 14.4. The molecule has 43 heavy (non-hydrogen) atoms. The summed E-state index contributed by atoms with van der Waals surface area (Å²) in [5, 5.41) is 1.33. The minimum atomic E-state index is -5.16. The molecule has 8 nitrogen and oxygen atoms in total. The zero-order chi connectivity index (χ0) is 32.0. The zero-order valence-electron chi connectivity index (χ0n) is 23.0. The number of benzene rings is 2. The number of nitrogens with one attached hydrogen (secondary N) is 1. The molecular formula is C27H27F6N3O5S2. The molecule has 0 bridgehead atoms. The third-order valence-corrected chi connectivity index (χ3v) is 9.60. The Morgan fingerprint density at radius 1 is 1.00 bits per heavy atom. The highest BCUT2D eigenvalue weighted by atomic mass is 32.2. The van der Waals surface area contributed by atoms with E-state index in [0.29, 0.717) is 17.7 Å². The van der Waals surface area contributed by atoms with Crippen molar-refractivity contribution in [3.8, 4) is 0 Å². The first-order valence-electron chi connectivity index (χ1n) is 12.8. The van der Waals surface area contributed by atoms with E-state index in [1.807, 2.05) is 0 Å². The van der Waals surface area contributed by atoms with Crippen molar-refractivity contribution in [2.45, 2.75) is 62.5 Å². The Hall–Kier alpha value is -3.27. The van der Waals surface area contributed by atoms with E-state index in [-0.39, 0.29) is 17.7 Å². The van der Waals surface area contributed by atoms with Gasteiger partial charge in [0.05, 0.1) is 28.7 Å². The van der Waals surface area contributed by atoms with Crippen LogP contribution in [0, 0.1) is 0 Å². The molecule has 0 unspecified atom stereocenters. The van der Waals surface area contributed by atoms with Crippen molar-refractivity contribution < 1.29 is 49.1 Å². The number of hydrogen-bond acceptors (Lipinski definition) is 6. The van der Waals surface area contributed by atoms with E-state index in [1.165, 1.54) is 0 Å². The van der Waals surface area contributed by atoms with Crippen LogP contribution in [0.15, 0.2) is 53.5 Å². The van der Waals surface area contributed by atoms with E-state index in [1.54, 1.807) is 51.1 Å². The molecule has 2 aromatic rings. The highest BCUT2D eigenvalue weighted by Crippen LogP contribution is 2.44. The summed E-state index contributed by atoms with van der Waals surface area (Å²) in [6, 6.07) is 6.93. The molecule has 0 radical (unpaired) electrons. The van der Waals surface area contributed by atoms with E-state index >= 15 is 0 Å². The number of carbonyl (C=O) groups is 2. The lowest BCUT2D eigenvalue weighted by Crippen LogP contribution is -2.45. The standard InChI is InChI=1S/C27H27F6N3O5S2/c1-25(2,3)41-24(38)34-19(9-15-7-5-4-6-8-15)22(37)35-23-36(20-13-43(39,40)14-21(20)42-23)18-11-16(26(28,29)30)10-17(12-18)27(31,32)33/h4-8,10-12,19-21H,9,13-14H2,1-3H3,(H,34,38)/t19-,20+,21+/m1/s1. The van der Waals surface area contributed by atoms with Crippen LogP contribution in [-0.4, -0.2) is 60.0 Å². The molecule has 2 saturated heterocycles. The minimum absolute atomic E-state index is 0.0435. The molecule has 2 aliphatic rings. The molecule has 0 spiro atoms. The van der Waals surface area contributed by atoms with Gasteiger partial charge in [-0.1, -0.05) is 42.1 Å². The van der Waals surface area contributed by atoms with E-state index in [2.05, 4.69) is 10.3 Å². The third-order valence-electron chi connectivity index (χ3n) is 6.39. The summed E-state index contributed by atoms with van der Waals surface area (Å²) in [5.41, 5.74) is -4.14. The predicted molar refractivity (Wildman–Crippen MR) is 148 cm³/mol. The number of rotatable bonds is 5. The number of halogens is 6. The number of alkyl carbamates (subject to hydrolysis) is 1. The highest BCUT2D eigenvalue weighted by Gasteiger charge is 2.50. The summed E-state index contributed by atoms with van der Waals surface area (Å²) in [7, 11) is -3.69. The molecule has 234 valence electrons. The first-order valence-corrected chi connectivity index (χ1v) is 15.5. The van der Waals surface area contributed by atoms with Crippen molar-refractivity contribution in [1.29, 1.82) is 0 Å². The second kappa shape index (κ2) is 11.7. The Balaban J connectivity index is 1.78. The van der Waals surface area contributed by atoms with Gasteiger partial charge in [-0.2, -0.15) is 31.3 Å². The van der Waals surface area contributed by atoms with Crippen molar-refractivity contribution in [2.24, 2.45) is 4.99 Å². The number of ether oxygens (including phenoxy) is 1. The Bertz CT molecular complexity index is 1490. The lowest BCUT2D eigenvalue weighted by Gasteiger charge is -2.27. The summed E-state index contributed by atoms with van der Waals surface area (Å²) < 4.78 is 112. The van der Waals surface area contributed by atoms with Crippen molar-refractivity contribution >= 4 is 44.5 Å². The summed E-state index contributed by atoms with van der Waals surface area (Å²) >= 11 is 0.764. The monoisotopic (exact) mass is 651 g/mol. The average Bonchev–Trinajstić information content (AvgIpc) is 3.32. The van der Waals surface area contributed by atoms with Crippen molar-refractivity contribution in [1.82, 2.24) is 5.32 Å². The molecule has 2 aliphatic heterocycles. The smallest absolute Gasteiger partial charge is 0.416 e. The number of anilines is 1. The zero-order valence-corrected chi connectivity index (χ0v) is 24.6. The quantitative estimate of drug-likeness (QED) is 0.428. The third kappa shape index (κ3) is 8.22. The Labute approximate surface area is 247 Å². The second-order valence-electron chi connectivity index (χ2n) is 11.1. The van der Waals surface area contributed by atoms with Gasteiger partial charge in [-0.3, -0.25) is 4.79 Å². The molecule has 16 heteroatoms. The van der Waals surface area contributed by atoms with Crippen LogP contribution in [0.25, 0.3) is 0 Å². The topological polar surface area (TPSA) is 105 Å². The van der Waals surface area contributed by atoms with E-state index in [0.717, 1.165) is 16.7 Å². The van der Waals surface area contributed by atoms with E-state index < -0.39 is 85.4 Å². The van der Waals surface area contributed by atoms with Gasteiger partial charge in [0.15, 0.2) is 15.0 Å². The molecule has 4 rings (SSSR count). The number of amidine groups is 1. The molecule has 3 atom stereocenters. The van der Waals surface area contributed by atoms with Crippen LogP contribution in [0.2, 0.25) is 0 Å². The number of nitrogens with zero attached hydrogens (tertiary/aromatic N) is 2. The maximum Gasteiger partial charge on any atom is 0.416 e. The summed E-state index contributed by atoms with van der Waals surface area (Å²) in [4.78, 5) is 31.0. The maximum absolute atomic E-state index is 13.6. The Morgan fingerprint density at radius 2 is 1.58 bits per heavy atom. The first-order chi connectivity index (χ1) is 19.7. The number of amides is 2. The lowest BCUT2D eigenvalue weighted by molar-refractivity contribution is -0.143. The molecule has 2 amide bonds. The molecule has 1 N–H and O–H groups in total. The average molecular weight is 652 g/mol. The molecule has 0 aromatic heterocycles. The Morgan fingerprint density at radius 3 is 2.12 bits per heavy atom. The van der Waals surface area contributed by atoms with Gasteiger partial charge in [0, 0.05) is 17.4 Å². The van der Waals surface area contributed by atoms with Crippen LogP contribution in [0.5, 0.6) is 0 Å². The number of fused-ring (bicyclic) bond motifs is 1. The number of hydrogen-bond donors (Lipinski definition) is 1. The number of alkyl halides is 6. The summed E-state index contributed by atoms with van der Waals surface area (Å²) in [5.74, 6) is -1.95. The number of sulfone groups is 1. The van der Waals surface area contributed by atoms with Gasteiger partial charge in [-0.25, -0.2) is 13.2 Å². The van der Waals surface area contributed by atoms with Gasteiger partial charge < -0.3 is 15.0 Å². The summed E-state index contributed by atoms with van der Waals surface area (Å²) in [6.07, 6.45) is -11.3. The van der Waals surface area contributed by atoms with Gasteiger partial charge >= 0.3 is 18.4 Å². The minimum Gasteiger partial charge on any atom is -0.444 e. The van der Waals surface area contributed by atoms with Crippen LogP contribution >= 0.6 is 11.8 Å². The molecule has 2 heterocycles. The molecule has 2 fully saturated rings. The van der Waals surface area contributed by atoms with Crippen molar-refractivity contribution in [3.63, 3.8) is 0 Å². The van der Waals surface area contributed by atoms with Crippen molar-refractivity contribution in [2.75, 3.05) is 16.4 Å². The number of thioether (sulfide) groups is 1. The van der Waals surface area contributed by atoms with Gasteiger partial charge in [0.2, 0.25) is 0 Å². The number of aliphatic imine (C=N–C) groups is 1. The highest BCUT2D eigenvalue weighted by molar-refractivity contribution is 8.16. The normalized spacial score (nSPS) is 21.9. The number of carbonyl (C=O) groups excluding carboxylic acids is 2. The van der Waals surface area contributed by atoms with Crippen LogP contribution in [-0.2, 0) is 38.1 Å².